The van der Waals surface area contributed by atoms with Crippen LogP contribution in [0, 0.1) is 19.3 Å². The number of carbonyl (C=O) groups is 1. The lowest BCUT2D eigenvalue weighted by atomic mass is 9.84. The van der Waals surface area contributed by atoms with Crippen LogP contribution in [0.15, 0.2) is 12.1 Å². The van der Waals surface area contributed by atoms with Crippen LogP contribution in [0.1, 0.15) is 44.2 Å². The Labute approximate surface area is 128 Å². The van der Waals surface area contributed by atoms with E-state index < -0.39 is 0 Å². The average Bonchev–Trinajstić information content (AvgIpc) is 2.40. The Morgan fingerprint density at radius 2 is 1.95 bits per heavy atom. The van der Waals surface area contributed by atoms with Gasteiger partial charge in [0.1, 0.15) is 5.75 Å². The second kappa shape index (κ2) is 7.46. The molecule has 4 heteroatoms. The second-order valence-corrected chi connectivity index (χ2v) is 6.34. The first-order valence-electron chi connectivity index (χ1n) is 7.45. The Morgan fingerprint density at radius 1 is 1.29 bits per heavy atom. The molecule has 21 heavy (non-hydrogen) atoms. The van der Waals surface area contributed by atoms with Gasteiger partial charge in [-0.1, -0.05) is 19.9 Å². The molecule has 0 aromatic heterocycles. The summed E-state index contributed by atoms with van der Waals surface area (Å²) in [7, 11) is 1.65. The first-order chi connectivity index (χ1) is 9.80. The zero-order valence-electron chi connectivity index (χ0n) is 13.9. The monoisotopic (exact) mass is 292 g/mol. The van der Waals surface area contributed by atoms with Crippen molar-refractivity contribution in [2.75, 3.05) is 19.0 Å². The molecule has 0 bridgehead atoms. The quantitative estimate of drug-likeness (QED) is 0.809. The number of ether oxygens (including phenoxy) is 1. The maximum Gasteiger partial charge on any atom is 0.224 e. The summed E-state index contributed by atoms with van der Waals surface area (Å²) in [5.74, 6) is 0.866. The molecule has 0 spiro atoms. The molecule has 0 aliphatic rings. The van der Waals surface area contributed by atoms with Crippen molar-refractivity contribution in [1.82, 2.24) is 0 Å². The van der Waals surface area contributed by atoms with Crippen LogP contribution in [0.4, 0.5) is 5.69 Å². The molecule has 0 radical (unpaired) electrons. The highest BCUT2D eigenvalue weighted by Crippen LogP contribution is 2.30. The summed E-state index contributed by atoms with van der Waals surface area (Å²) < 4.78 is 5.38. The summed E-state index contributed by atoms with van der Waals surface area (Å²) >= 11 is 0. The van der Waals surface area contributed by atoms with Gasteiger partial charge in [0.2, 0.25) is 5.91 Å². The van der Waals surface area contributed by atoms with Crippen LogP contribution in [-0.4, -0.2) is 19.6 Å². The molecule has 1 aromatic rings. The lowest BCUT2D eigenvalue weighted by molar-refractivity contribution is -0.116. The van der Waals surface area contributed by atoms with Crippen molar-refractivity contribution in [3.63, 3.8) is 0 Å². The van der Waals surface area contributed by atoms with Crippen LogP contribution in [0.3, 0.4) is 0 Å². The number of nitrogens with two attached hydrogens (primary N) is 1. The number of amides is 1. The molecule has 0 heterocycles. The largest absolute Gasteiger partial charge is 0.496 e. The van der Waals surface area contributed by atoms with Crippen molar-refractivity contribution in [2.24, 2.45) is 11.1 Å². The molecule has 1 rings (SSSR count). The molecule has 0 atom stereocenters. The molecular weight excluding hydrogens is 264 g/mol. The number of anilines is 1. The number of hydrogen-bond acceptors (Lipinski definition) is 3. The van der Waals surface area contributed by atoms with E-state index in [9.17, 15) is 4.79 Å². The molecule has 0 saturated carbocycles. The predicted molar refractivity (Wildman–Crippen MR) is 87.8 cm³/mol. The third-order valence-electron chi connectivity index (χ3n) is 3.93. The van der Waals surface area contributed by atoms with Crippen molar-refractivity contribution in [3.8, 4) is 5.75 Å². The highest BCUT2D eigenvalue weighted by Gasteiger charge is 2.19. The molecule has 0 unspecified atom stereocenters. The molecule has 1 aromatic carbocycles. The van der Waals surface area contributed by atoms with Gasteiger partial charge in [-0.15, -0.1) is 0 Å². The summed E-state index contributed by atoms with van der Waals surface area (Å²) in [6.45, 7) is 8.90. The summed E-state index contributed by atoms with van der Waals surface area (Å²) in [4.78, 5) is 12.1. The second-order valence-electron chi connectivity index (χ2n) is 6.34. The van der Waals surface area contributed by atoms with Gasteiger partial charge in [0.25, 0.3) is 0 Å². The van der Waals surface area contributed by atoms with Gasteiger partial charge < -0.3 is 15.8 Å². The maximum absolute atomic E-state index is 12.1. The van der Waals surface area contributed by atoms with Crippen molar-refractivity contribution < 1.29 is 9.53 Å². The van der Waals surface area contributed by atoms with Gasteiger partial charge in [0.15, 0.2) is 0 Å². The zero-order valence-corrected chi connectivity index (χ0v) is 13.9. The van der Waals surface area contributed by atoms with Gasteiger partial charge in [-0.3, -0.25) is 4.79 Å². The van der Waals surface area contributed by atoms with Crippen LogP contribution in [0.2, 0.25) is 0 Å². The molecule has 1 amide bonds. The highest BCUT2D eigenvalue weighted by molar-refractivity contribution is 5.92. The standard InChI is InChI=1S/C17H28N2O2/c1-12-6-7-14(13(2)16(12)21-5)19-15(20)8-9-17(3,4)10-11-18/h6-7H,8-11,18H2,1-5H3,(H,19,20). The van der Waals surface area contributed by atoms with Crippen LogP contribution in [0.25, 0.3) is 0 Å². The zero-order chi connectivity index (χ0) is 16.0. The minimum Gasteiger partial charge on any atom is -0.496 e. The normalized spacial score (nSPS) is 11.3. The molecule has 4 nitrogen and oxygen atoms in total. The van der Waals surface area contributed by atoms with Crippen molar-refractivity contribution in [1.29, 1.82) is 0 Å². The Morgan fingerprint density at radius 3 is 2.52 bits per heavy atom. The van der Waals surface area contributed by atoms with Gasteiger partial charge in [0, 0.05) is 17.7 Å². The highest BCUT2D eigenvalue weighted by atomic mass is 16.5. The first kappa shape index (κ1) is 17.5. The van der Waals surface area contributed by atoms with Crippen LogP contribution in [0.5, 0.6) is 5.75 Å². The predicted octanol–water partition coefficient (Wildman–Crippen LogP) is 3.41. The smallest absolute Gasteiger partial charge is 0.224 e. The first-order valence-corrected chi connectivity index (χ1v) is 7.45. The van der Waals surface area contributed by atoms with E-state index in [1.54, 1.807) is 7.11 Å². The van der Waals surface area contributed by atoms with E-state index in [0.717, 1.165) is 35.4 Å². The number of rotatable bonds is 7. The summed E-state index contributed by atoms with van der Waals surface area (Å²) in [5, 5.41) is 2.98. The topological polar surface area (TPSA) is 64.3 Å². The fourth-order valence-electron chi connectivity index (χ4n) is 2.46. The lowest BCUT2D eigenvalue weighted by Crippen LogP contribution is -2.21. The minimum atomic E-state index is 0.0362. The van der Waals surface area contributed by atoms with Crippen molar-refractivity contribution in [3.05, 3.63) is 23.3 Å². The molecule has 0 saturated heterocycles. The third-order valence-corrected chi connectivity index (χ3v) is 3.93. The van der Waals surface area contributed by atoms with E-state index in [2.05, 4.69) is 19.2 Å². The fourth-order valence-corrected chi connectivity index (χ4v) is 2.46. The van der Waals surface area contributed by atoms with Gasteiger partial charge in [-0.05, 0) is 50.3 Å². The van der Waals surface area contributed by atoms with E-state index in [-0.39, 0.29) is 11.3 Å². The van der Waals surface area contributed by atoms with Gasteiger partial charge in [0.05, 0.1) is 7.11 Å². The number of aryl methyl sites for hydroxylation is 1. The van der Waals surface area contributed by atoms with E-state index >= 15 is 0 Å². The molecule has 0 aliphatic carbocycles. The molecule has 0 fully saturated rings. The van der Waals surface area contributed by atoms with E-state index in [1.165, 1.54) is 0 Å². The van der Waals surface area contributed by atoms with E-state index in [0.29, 0.717) is 13.0 Å². The van der Waals surface area contributed by atoms with Crippen LogP contribution >= 0.6 is 0 Å². The van der Waals surface area contributed by atoms with Gasteiger partial charge in [-0.25, -0.2) is 0 Å². The van der Waals surface area contributed by atoms with Crippen LogP contribution in [-0.2, 0) is 4.79 Å². The summed E-state index contributed by atoms with van der Waals surface area (Å²) in [6.07, 6.45) is 2.26. The maximum atomic E-state index is 12.1. The third kappa shape index (κ3) is 5.05. The molecular formula is C17H28N2O2. The SMILES string of the molecule is COc1c(C)ccc(NC(=O)CCC(C)(C)CCN)c1C. The minimum absolute atomic E-state index is 0.0362. The lowest BCUT2D eigenvalue weighted by Gasteiger charge is -2.23. The fraction of sp³-hybridized carbons (Fsp3) is 0.588. The Hall–Kier alpha value is -1.55. The number of hydrogen-bond donors (Lipinski definition) is 2. The number of carbonyl (C=O) groups excluding carboxylic acids is 1. The van der Waals surface area contributed by atoms with Gasteiger partial charge in [-0.2, -0.15) is 0 Å². The Kier molecular flexibility index (Phi) is 6.21. The summed E-state index contributed by atoms with van der Waals surface area (Å²) in [5.41, 5.74) is 8.55. The molecule has 0 aliphatic heterocycles. The number of methoxy groups -OCH3 is 1. The van der Waals surface area contributed by atoms with Crippen LogP contribution < -0.4 is 15.8 Å². The van der Waals surface area contributed by atoms with Gasteiger partial charge >= 0.3 is 0 Å². The van der Waals surface area contributed by atoms with E-state index in [4.69, 9.17) is 10.5 Å². The Balaban J connectivity index is 2.68. The van der Waals surface area contributed by atoms with Crippen molar-refractivity contribution >= 4 is 11.6 Å². The molecule has 3 N–H and O–H groups in total. The number of benzene rings is 1. The summed E-state index contributed by atoms with van der Waals surface area (Å²) in [6, 6.07) is 3.88. The number of nitrogens with one attached hydrogen (secondary N) is 1. The van der Waals surface area contributed by atoms with E-state index in [1.807, 2.05) is 26.0 Å². The van der Waals surface area contributed by atoms with Crippen molar-refractivity contribution in [2.45, 2.75) is 47.0 Å². The average molecular weight is 292 g/mol. The Bertz CT molecular complexity index is 496. The molecule has 118 valence electrons.